The Morgan fingerprint density at radius 2 is 1.64 bits per heavy atom. The highest BCUT2D eigenvalue weighted by Crippen LogP contribution is 2.42. The second-order valence-electron chi connectivity index (χ2n) is 9.09. The molecule has 0 saturated heterocycles. The smallest absolute Gasteiger partial charge is 0.501 e. The lowest BCUT2D eigenvalue weighted by atomic mass is 9.83. The van der Waals surface area contributed by atoms with Gasteiger partial charge in [0, 0.05) is 5.56 Å². The molecule has 198 valence electrons. The number of phenols is 1. The summed E-state index contributed by atoms with van der Waals surface area (Å²) in [4.78, 5) is -2.11. The summed E-state index contributed by atoms with van der Waals surface area (Å²) in [5.74, 6) is -0.841. The monoisotopic (exact) mass is 569 g/mol. The quantitative estimate of drug-likeness (QED) is 0.474. The Hall–Kier alpha value is -2.85. The Morgan fingerprint density at radius 3 is 2.14 bits per heavy atom. The molecule has 3 rings (SSSR count). The molecule has 3 N–H and O–H groups in total. The number of halogens is 3. The van der Waals surface area contributed by atoms with Gasteiger partial charge in [0.15, 0.2) is 5.84 Å². The van der Waals surface area contributed by atoms with Crippen LogP contribution in [0.2, 0.25) is 0 Å². The minimum Gasteiger partial charge on any atom is -0.507 e. The maximum atomic E-state index is 12.9. The number of fused-ring (bicyclic) bond motifs is 1. The Labute approximate surface area is 206 Å². The fourth-order valence-corrected chi connectivity index (χ4v) is 6.11. The lowest BCUT2D eigenvalue weighted by Crippen LogP contribution is -2.27. The van der Waals surface area contributed by atoms with E-state index in [9.17, 15) is 43.5 Å². The van der Waals surface area contributed by atoms with Crippen LogP contribution in [-0.2, 0) is 35.3 Å². The first-order valence-electron chi connectivity index (χ1n) is 9.99. The van der Waals surface area contributed by atoms with Gasteiger partial charge in [-0.3, -0.25) is 4.72 Å². The number of hydrogen-bond donors (Lipinski definition) is 3. The molecule has 2 aromatic carbocycles. The van der Waals surface area contributed by atoms with Gasteiger partial charge in [-0.1, -0.05) is 20.8 Å². The summed E-state index contributed by atoms with van der Waals surface area (Å²) in [5, 5.41) is 13.6. The van der Waals surface area contributed by atoms with Gasteiger partial charge in [-0.15, -0.1) is 4.40 Å². The molecule has 0 amide bonds. The topological polar surface area (TPSA) is 159 Å². The van der Waals surface area contributed by atoms with Crippen LogP contribution in [0.3, 0.4) is 0 Å². The first kappa shape index (κ1) is 27.7. The van der Waals surface area contributed by atoms with E-state index in [1.807, 2.05) is 0 Å². The van der Waals surface area contributed by atoms with E-state index < -0.39 is 62.2 Å². The van der Waals surface area contributed by atoms with Crippen molar-refractivity contribution in [3.8, 4) is 5.75 Å². The average Bonchev–Trinajstić information content (AvgIpc) is 2.66. The molecule has 2 aromatic rings. The molecule has 16 heteroatoms. The number of nitrogens with one attached hydrogen (secondary N) is 2. The fourth-order valence-electron chi connectivity index (χ4n) is 3.48. The van der Waals surface area contributed by atoms with Crippen molar-refractivity contribution in [2.75, 3.05) is 16.3 Å². The molecule has 0 radical (unpaired) electrons. The molecule has 10 nitrogen and oxygen atoms in total. The number of aromatic hydroxyl groups is 1. The van der Waals surface area contributed by atoms with Gasteiger partial charge in [-0.05, 0) is 42.2 Å². The van der Waals surface area contributed by atoms with Gasteiger partial charge in [-0.25, -0.2) is 16.8 Å². The molecule has 1 aliphatic heterocycles. The van der Waals surface area contributed by atoms with Crippen molar-refractivity contribution in [1.29, 1.82) is 0 Å². The normalized spacial score (nSPS) is 16.1. The van der Waals surface area contributed by atoms with Crippen LogP contribution in [-0.4, -0.2) is 48.0 Å². The van der Waals surface area contributed by atoms with Crippen LogP contribution in [0.5, 0.6) is 5.75 Å². The van der Waals surface area contributed by atoms with Gasteiger partial charge >= 0.3 is 5.51 Å². The molecule has 0 spiro atoms. The van der Waals surface area contributed by atoms with E-state index >= 15 is 0 Å². The Kier molecular flexibility index (Phi) is 6.43. The van der Waals surface area contributed by atoms with E-state index in [-0.39, 0.29) is 28.1 Å². The van der Waals surface area contributed by atoms with Crippen LogP contribution in [0.15, 0.2) is 38.5 Å². The van der Waals surface area contributed by atoms with Crippen LogP contribution in [0.1, 0.15) is 37.5 Å². The van der Waals surface area contributed by atoms with Gasteiger partial charge in [0.25, 0.3) is 19.9 Å². The van der Waals surface area contributed by atoms with Crippen molar-refractivity contribution in [2.24, 2.45) is 4.40 Å². The Balaban J connectivity index is 2.28. The number of sulfone groups is 1. The molecule has 36 heavy (non-hydrogen) atoms. The summed E-state index contributed by atoms with van der Waals surface area (Å²) in [6, 6.07) is 3.16. The summed E-state index contributed by atoms with van der Waals surface area (Å²) < 4.78 is 118. The average molecular weight is 570 g/mol. The number of sulfonamides is 2. The molecule has 1 aliphatic rings. The minimum atomic E-state index is -5.83. The number of alkyl halides is 3. The third kappa shape index (κ3) is 5.01. The van der Waals surface area contributed by atoms with Crippen molar-refractivity contribution in [3.05, 3.63) is 41.0 Å². The van der Waals surface area contributed by atoms with E-state index in [0.717, 1.165) is 12.3 Å². The van der Waals surface area contributed by atoms with Crippen molar-refractivity contribution in [3.63, 3.8) is 0 Å². The highest BCUT2D eigenvalue weighted by Gasteiger charge is 2.47. The SMILES string of the molecule is Cc1c(NS(C)(=O)=O)cc(C(C)(C)C)c(O)c1C1=NS(=O)(=O)c2cc(S(=O)(=O)C(F)(F)F)ccc2N1. The molecule has 0 atom stereocenters. The summed E-state index contributed by atoms with van der Waals surface area (Å²) in [7, 11) is -14.4. The van der Waals surface area contributed by atoms with Crippen molar-refractivity contribution >= 4 is 47.1 Å². The molecule has 0 fully saturated rings. The van der Waals surface area contributed by atoms with Crippen LogP contribution >= 0.6 is 0 Å². The highest BCUT2D eigenvalue weighted by molar-refractivity contribution is 7.92. The van der Waals surface area contributed by atoms with Crippen molar-refractivity contribution < 1.29 is 43.5 Å². The first-order valence-corrected chi connectivity index (χ1v) is 14.8. The van der Waals surface area contributed by atoms with Crippen LogP contribution < -0.4 is 10.0 Å². The third-order valence-electron chi connectivity index (χ3n) is 5.21. The Bertz CT molecular complexity index is 1620. The highest BCUT2D eigenvalue weighted by atomic mass is 32.2. The maximum absolute atomic E-state index is 12.9. The lowest BCUT2D eigenvalue weighted by Gasteiger charge is -2.27. The number of benzene rings is 2. The fraction of sp³-hybridized carbons (Fsp3) is 0.350. The number of phenolic OH excluding ortho intramolecular Hbond substituents is 1. The van der Waals surface area contributed by atoms with Gasteiger partial charge in [0.1, 0.15) is 10.6 Å². The van der Waals surface area contributed by atoms with E-state index in [1.54, 1.807) is 20.8 Å². The summed E-state index contributed by atoms with van der Waals surface area (Å²) in [5.41, 5.74) is -6.47. The van der Waals surface area contributed by atoms with Crippen LogP contribution in [0.4, 0.5) is 24.5 Å². The van der Waals surface area contributed by atoms with E-state index in [0.29, 0.717) is 12.1 Å². The first-order chi connectivity index (χ1) is 16.1. The Morgan fingerprint density at radius 1 is 1.06 bits per heavy atom. The standard InChI is InChI=1S/C20H22F3N3O7S3/c1-10-14(25-34(5,28)29)9-12(19(2,3)4)17(27)16(10)18-24-13-7-6-11(35(30,31)20(21,22)23)8-15(13)36(32,33)26-18/h6-9,25,27H,1-5H3,(H,24,26). The van der Waals surface area contributed by atoms with Gasteiger partial charge < -0.3 is 10.4 Å². The summed E-state index contributed by atoms with van der Waals surface area (Å²) >= 11 is 0. The summed E-state index contributed by atoms with van der Waals surface area (Å²) in [6.07, 6.45) is 0.902. The van der Waals surface area contributed by atoms with Crippen LogP contribution in [0.25, 0.3) is 0 Å². The molecule has 0 aliphatic carbocycles. The number of hydrogen-bond acceptors (Lipinski definition) is 8. The van der Waals surface area contributed by atoms with E-state index in [2.05, 4.69) is 14.4 Å². The molecule has 0 unspecified atom stereocenters. The van der Waals surface area contributed by atoms with Gasteiger partial charge in [-0.2, -0.15) is 21.6 Å². The molecular formula is C20H22F3N3O7S3. The van der Waals surface area contributed by atoms with Gasteiger partial charge in [0.05, 0.1) is 28.1 Å². The molecule has 0 aromatic heterocycles. The third-order valence-corrected chi connectivity index (χ3v) is 8.60. The predicted molar refractivity (Wildman–Crippen MR) is 127 cm³/mol. The zero-order chi connectivity index (χ0) is 27.6. The second kappa shape index (κ2) is 8.34. The molecular weight excluding hydrogens is 547 g/mol. The number of anilines is 2. The largest absolute Gasteiger partial charge is 0.507 e. The lowest BCUT2D eigenvalue weighted by molar-refractivity contribution is -0.0436. The second-order valence-corrected chi connectivity index (χ2v) is 14.4. The minimum absolute atomic E-state index is 0.0366. The number of rotatable bonds is 4. The number of nitrogens with zero attached hydrogens (tertiary/aromatic N) is 1. The molecule has 0 bridgehead atoms. The zero-order valence-corrected chi connectivity index (χ0v) is 22.0. The zero-order valence-electron chi connectivity index (χ0n) is 19.5. The van der Waals surface area contributed by atoms with E-state index in [1.165, 1.54) is 13.0 Å². The molecule has 1 heterocycles. The van der Waals surface area contributed by atoms with Crippen LogP contribution in [0, 0.1) is 6.92 Å². The van der Waals surface area contributed by atoms with Crippen molar-refractivity contribution in [1.82, 2.24) is 0 Å². The van der Waals surface area contributed by atoms with Crippen molar-refractivity contribution in [2.45, 2.75) is 48.4 Å². The predicted octanol–water partition coefficient (Wildman–Crippen LogP) is 3.22. The molecule has 0 saturated carbocycles. The van der Waals surface area contributed by atoms with E-state index in [4.69, 9.17) is 0 Å². The number of amidine groups is 1. The summed E-state index contributed by atoms with van der Waals surface area (Å²) in [6.45, 7) is 6.56. The van der Waals surface area contributed by atoms with Gasteiger partial charge in [0.2, 0.25) is 10.0 Å². The maximum Gasteiger partial charge on any atom is 0.501 e.